The fourth-order valence-corrected chi connectivity index (χ4v) is 3.10. The highest BCUT2D eigenvalue weighted by Gasteiger charge is 2.18. The molecule has 0 spiro atoms. The summed E-state index contributed by atoms with van der Waals surface area (Å²) in [6.07, 6.45) is 1.64. The van der Waals surface area contributed by atoms with Gasteiger partial charge in [0.2, 0.25) is 5.91 Å². The van der Waals surface area contributed by atoms with Crippen molar-refractivity contribution in [3.05, 3.63) is 30.6 Å². The van der Waals surface area contributed by atoms with Crippen LogP contribution in [-0.4, -0.2) is 64.7 Å². The maximum Gasteiger partial charge on any atom is 0.233 e. The van der Waals surface area contributed by atoms with Crippen LogP contribution < -0.4 is 4.74 Å². The lowest BCUT2D eigenvalue weighted by atomic mass is 10.3. The molecule has 2 aromatic rings. The van der Waals surface area contributed by atoms with Crippen LogP contribution in [0, 0.1) is 0 Å². The van der Waals surface area contributed by atoms with Gasteiger partial charge in [0.05, 0.1) is 26.1 Å². The number of carbonyl (C=O) groups is 1. The molecule has 1 fully saturated rings. The lowest BCUT2D eigenvalue weighted by molar-refractivity contribution is -0.132. The number of rotatable bonds is 5. The van der Waals surface area contributed by atoms with Gasteiger partial charge < -0.3 is 14.4 Å². The molecule has 0 N–H and O–H groups in total. The van der Waals surface area contributed by atoms with E-state index in [-0.39, 0.29) is 5.91 Å². The van der Waals surface area contributed by atoms with Crippen LogP contribution in [0.1, 0.15) is 0 Å². The zero-order valence-electron chi connectivity index (χ0n) is 12.8. The SMILES string of the molecule is COc1ccc(-n2cnnc2SCC(=O)N2CCOCC2)cc1. The molecule has 1 aliphatic rings. The van der Waals surface area contributed by atoms with Crippen LogP contribution >= 0.6 is 11.8 Å². The van der Waals surface area contributed by atoms with Crippen molar-refractivity contribution in [3.8, 4) is 11.4 Å². The first-order valence-electron chi connectivity index (χ1n) is 7.30. The minimum absolute atomic E-state index is 0.0996. The van der Waals surface area contributed by atoms with Gasteiger partial charge in [0.1, 0.15) is 12.1 Å². The maximum atomic E-state index is 12.2. The Hall–Kier alpha value is -2.06. The summed E-state index contributed by atoms with van der Waals surface area (Å²) in [5.41, 5.74) is 0.928. The molecular weight excluding hydrogens is 316 g/mol. The second-order valence-electron chi connectivity index (χ2n) is 4.96. The average Bonchev–Trinajstić information content (AvgIpc) is 3.09. The number of nitrogens with zero attached hydrogens (tertiary/aromatic N) is 4. The predicted molar refractivity (Wildman–Crippen MR) is 86.0 cm³/mol. The Labute approximate surface area is 138 Å². The zero-order chi connectivity index (χ0) is 16.1. The highest BCUT2D eigenvalue weighted by Crippen LogP contribution is 2.21. The molecule has 1 aromatic carbocycles. The van der Waals surface area contributed by atoms with E-state index in [4.69, 9.17) is 9.47 Å². The third-order valence-corrected chi connectivity index (χ3v) is 4.48. The predicted octanol–water partition coefficient (Wildman–Crippen LogP) is 1.23. The number of amides is 1. The molecule has 23 heavy (non-hydrogen) atoms. The molecule has 1 amide bonds. The van der Waals surface area contributed by atoms with Crippen LogP contribution in [0.2, 0.25) is 0 Å². The molecule has 0 radical (unpaired) electrons. The number of thioether (sulfide) groups is 1. The molecule has 3 rings (SSSR count). The Morgan fingerprint density at radius 1 is 1.30 bits per heavy atom. The monoisotopic (exact) mass is 334 g/mol. The average molecular weight is 334 g/mol. The number of morpholine rings is 1. The summed E-state index contributed by atoms with van der Waals surface area (Å²) in [6.45, 7) is 2.53. The molecule has 1 aromatic heterocycles. The largest absolute Gasteiger partial charge is 0.497 e. The number of carbonyl (C=O) groups excluding carboxylic acids is 1. The lowest BCUT2D eigenvalue weighted by Gasteiger charge is -2.26. The highest BCUT2D eigenvalue weighted by molar-refractivity contribution is 7.99. The minimum atomic E-state index is 0.0996. The lowest BCUT2D eigenvalue weighted by Crippen LogP contribution is -2.41. The fourth-order valence-electron chi connectivity index (χ4n) is 2.27. The van der Waals surface area contributed by atoms with Gasteiger partial charge in [0.15, 0.2) is 5.16 Å². The number of aromatic nitrogens is 3. The molecule has 0 unspecified atom stereocenters. The minimum Gasteiger partial charge on any atom is -0.497 e. The van der Waals surface area contributed by atoms with Gasteiger partial charge in [-0.2, -0.15) is 0 Å². The van der Waals surface area contributed by atoms with E-state index in [1.165, 1.54) is 11.8 Å². The van der Waals surface area contributed by atoms with Crippen LogP contribution in [0.25, 0.3) is 5.69 Å². The van der Waals surface area contributed by atoms with Gasteiger partial charge in [-0.05, 0) is 24.3 Å². The molecule has 0 aliphatic carbocycles. The Kier molecular flexibility index (Phi) is 5.14. The van der Waals surface area contributed by atoms with Gasteiger partial charge in [-0.3, -0.25) is 9.36 Å². The topological polar surface area (TPSA) is 69.5 Å². The first-order valence-corrected chi connectivity index (χ1v) is 8.29. The van der Waals surface area contributed by atoms with Crippen LogP contribution in [0.4, 0.5) is 0 Å². The van der Waals surface area contributed by atoms with Crippen molar-refractivity contribution in [2.75, 3.05) is 39.2 Å². The molecule has 122 valence electrons. The van der Waals surface area contributed by atoms with Crippen LogP contribution in [0.3, 0.4) is 0 Å². The summed E-state index contributed by atoms with van der Waals surface area (Å²) < 4.78 is 12.3. The second-order valence-corrected chi connectivity index (χ2v) is 5.91. The molecule has 0 bridgehead atoms. The van der Waals surface area contributed by atoms with Crippen LogP contribution in [0.5, 0.6) is 5.75 Å². The van der Waals surface area contributed by atoms with Crippen molar-refractivity contribution in [2.24, 2.45) is 0 Å². The number of benzene rings is 1. The van der Waals surface area contributed by atoms with E-state index in [1.807, 2.05) is 33.7 Å². The Balaban J connectivity index is 1.64. The smallest absolute Gasteiger partial charge is 0.233 e. The molecule has 1 aliphatic heterocycles. The van der Waals surface area contributed by atoms with Crippen molar-refractivity contribution < 1.29 is 14.3 Å². The zero-order valence-corrected chi connectivity index (χ0v) is 13.7. The van der Waals surface area contributed by atoms with E-state index in [2.05, 4.69) is 10.2 Å². The van der Waals surface area contributed by atoms with Crippen molar-refractivity contribution in [1.82, 2.24) is 19.7 Å². The van der Waals surface area contributed by atoms with Gasteiger partial charge in [0, 0.05) is 18.8 Å². The number of hydrogen-bond donors (Lipinski definition) is 0. The maximum absolute atomic E-state index is 12.2. The van der Waals surface area contributed by atoms with Gasteiger partial charge >= 0.3 is 0 Å². The second kappa shape index (κ2) is 7.47. The van der Waals surface area contributed by atoms with Crippen molar-refractivity contribution in [3.63, 3.8) is 0 Å². The molecule has 0 saturated carbocycles. The molecule has 8 heteroatoms. The van der Waals surface area contributed by atoms with E-state index in [1.54, 1.807) is 13.4 Å². The molecule has 0 atom stereocenters. The standard InChI is InChI=1S/C15H18N4O3S/c1-21-13-4-2-12(3-5-13)19-11-16-17-15(19)23-10-14(20)18-6-8-22-9-7-18/h2-5,11H,6-10H2,1H3. The first-order chi connectivity index (χ1) is 11.3. The number of methoxy groups -OCH3 is 1. The first kappa shape index (κ1) is 15.8. The Bertz CT molecular complexity index is 653. The summed E-state index contributed by atoms with van der Waals surface area (Å²) in [7, 11) is 1.63. The van der Waals surface area contributed by atoms with E-state index in [0.29, 0.717) is 37.2 Å². The quantitative estimate of drug-likeness (QED) is 0.766. The molecule has 7 nitrogen and oxygen atoms in total. The van der Waals surface area contributed by atoms with E-state index >= 15 is 0 Å². The number of hydrogen-bond acceptors (Lipinski definition) is 6. The van der Waals surface area contributed by atoms with E-state index < -0.39 is 0 Å². The Morgan fingerprint density at radius 2 is 2.04 bits per heavy atom. The van der Waals surface area contributed by atoms with Gasteiger partial charge in [-0.15, -0.1) is 10.2 Å². The van der Waals surface area contributed by atoms with Gasteiger partial charge in [-0.1, -0.05) is 11.8 Å². The summed E-state index contributed by atoms with van der Waals surface area (Å²) in [6, 6.07) is 7.61. The summed E-state index contributed by atoms with van der Waals surface area (Å²) in [5, 5.41) is 8.74. The van der Waals surface area contributed by atoms with Crippen molar-refractivity contribution in [1.29, 1.82) is 0 Å². The summed E-state index contributed by atoms with van der Waals surface area (Å²) in [4.78, 5) is 14.0. The highest BCUT2D eigenvalue weighted by atomic mass is 32.2. The molecule has 2 heterocycles. The third-order valence-electron chi connectivity index (χ3n) is 3.56. The normalized spacial score (nSPS) is 14.7. The summed E-state index contributed by atoms with van der Waals surface area (Å²) >= 11 is 1.39. The van der Waals surface area contributed by atoms with Crippen molar-refractivity contribution >= 4 is 17.7 Å². The summed E-state index contributed by atoms with van der Waals surface area (Å²) in [5.74, 6) is 1.23. The third kappa shape index (κ3) is 3.83. The fraction of sp³-hybridized carbons (Fsp3) is 0.400. The van der Waals surface area contributed by atoms with Gasteiger partial charge in [-0.25, -0.2) is 0 Å². The van der Waals surface area contributed by atoms with Crippen molar-refractivity contribution in [2.45, 2.75) is 5.16 Å². The van der Waals surface area contributed by atoms with Gasteiger partial charge in [0.25, 0.3) is 0 Å². The van der Waals surface area contributed by atoms with E-state index in [0.717, 1.165) is 11.4 Å². The van der Waals surface area contributed by atoms with Crippen LogP contribution in [-0.2, 0) is 9.53 Å². The molecular formula is C15H18N4O3S. The molecule has 1 saturated heterocycles. The Morgan fingerprint density at radius 3 is 2.74 bits per heavy atom. The number of ether oxygens (including phenoxy) is 2. The van der Waals surface area contributed by atoms with E-state index in [9.17, 15) is 4.79 Å². The van der Waals surface area contributed by atoms with Crippen LogP contribution in [0.15, 0.2) is 35.7 Å².